The molecule has 0 saturated carbocycles. The van der Waals surface area contributed by atoms with Gasteiger partial charge in [0.15, 0.2) is 0 Å². The largest absolute Gasteiger partial charge is 0.383 e. The Hall–Kier alpha value is -0.760. The summed E-state index contributed by atoms with van der Waals surface area (Å²) in [4.78, 5) is 0. The Balaban J connectivity index is 2.34. The number of benzene rings is 1. The van der Waals surface area contributed by atoms with Crippen LogP contribution in [-0.2, 0) is 11.3 Å². The predicted molar refractivity (Wildman–Crippen MR) is 81.9 cm³/mol. The molecule has 7 heteroatoms. The van der Waals surface area contributed by atoms with Gasteiger partial charge in [-0.25, -0.2) is 4.39 Å². The number of aromatic nitrogens is 2. The first kappa shape index (κ1) is 15.6. The molecule has 0 amide bonds. The van der Waals surface area contributed by atoms with E-state index in [4.69, 9.17) is 10.5 Å². The van der Waals surface area contributed by atoms with Crippen LogP contribution in [0.2, 0.25) is 0 Å². The summed E-state index contributed by atoms with van der Waals surface area (Å²) in [6, 6.07) is 4.34. The molecule has 1 unspecified atom stereocenters. The van der Waals surface area contributed by atoms with E-state index in [0.29, 0.717) is 17.6 Å². The second kappa shape index (κ2) is 6.80. The van der Waals surface area contributed by atoms with Crippen LogP contribution in [0.1, 0.15) is 17.3 Å². The molecule has 4 nitrogen and oxygen atoms in total. The summed E-state index contributed by atoms with van der Waals surface area (Å²) in [6.45, 7) is 1.15. The highest BCUT2D eigenvalue weighted by molar-refractivity contribution is 9.10. The zero-order chi connectivity index (χ0) is 14.7. The van der Waals surface area contributed by atoms with E-state index in [9.17, 15) is 4.39 Å². The molecule has 1 atom stereocenters. The Kier molecular flexibility index (Phi) is 5.31. The third-order valence-corrected chi connectivity index (χ3v) is 4.16. The molecule has 2 rings (SSSR count). The number of nitrogens with zero attached hydrogens (tertiary/aromatic N) is 2. The van der Waals surface area contributed by atoms with E-state index in [-0.39, 0.29) is 5.82 Å². The first-order chi connectivity index (χ1) is 9.54. The van der Waals surface area contributed by atoms with Crippen molar-refractivity contribution in [3.05, 3.63) is 50.4 Å². The van der Waals surface area contributed by atoms with Gasteiger partial charge < -0.3 is 10.5 Å². The van der Waals surface area contributed by atoms with Gasteiger partial charge in [-0.15, -0.1) is 0 Å². The van der Waals surface area contributed by atoms with E-state index in [0.717, 1.165) is 15.7 Å². The molecular weight excluding hydrogens is 393 g/mol. The highest BCUT2D eigenvalue weighted by Crippen LogP contribution is 2.29. The predicted octanol–water partition coefficient (Wildman–Crippen LogP) is 3.24. The molecule has 108 valence electrons. The van der Waals surface area contributed by atoms with Gasteiger partial charge in [0.1, 0.15) is 5.82 Å². The quantitative estimate of drug-likeness (QED) is 0.829. The summed E-state index contributed by atoms with van der Waals surface area (Å²) in [7, 11) is 1.63. The normalized spacial score (nSPS) is 12.7. The van der Waals surface area contributed by atoms with Crippen molar-refractivity contribution in [1.29, 1.82) is 0 Å². The zero-order valence-electron chi connectivity index (χ0n) is 10.8. The fraction of sp³-hybridized carbons (Fsp3) is 0.308. The van der Waals surface area contributed by atoms with E-state index in [2.05, 4.69) is 37.0 Å². The van der Waals surface area contributed by atoms with Crippen LogP contribution < -0.4 is 5.73 Å². The van der Waals surface area contributed by atoms with Gasteiger partial charge in [-0.05, 0) is 49.6 Å². The summed E-state index contributed by atoms with van der Waals surface area (Å²) < 4.78 is 21.4. The second-order valence-electron chi connectivity index (χ2n) is 4.24. The van der Waals surface area contributed by atoms with Crippen LogP contribution in [0.25, 0.3) is 0 Å². The molecule has 0 aliphatic heterocycles. The summed E-state index contributed by atoms with van der Waals surface area (Å²) >= 11 is 6.62. The minimum absolute atomic E-state index is 0.312. The van der Waals surface area contributed by atoms with Crippen molar-refractivity contribution >= 4 is 31.9 Å². The number of hydrogen-bond donors (Lipinski definition) is 1. The fourth-order valence-electron chi connectivity index (χ4n) is 1.90. The molecule has 1 aromatic carbocycles. The molecular formula is C13H14Br2FN3O. The second-order valence-corrected chi connectivity index (χ2v) is 5.95. The van der Waals surface area contributed by atoms with Crippen molar-refractivity contribution in [2.24, 2.45) is 5.73 Å². The molecule has 2 aromatic rings. The number of rotatable bonds is 5. The molecule has 0 bridgehead atoms. The molecule has 20 heavy (non-hydrogen) atoms. The number of nitrogens with two attached hydrogens (primary N) is 1. The molecule has 0 aliphatic rings. The SMILES string of the molecule is COCCn1ncc(Br)c1C(N)c1ccc(F)c(Br)c1. The smallest absolute Gasteiger partial charge is 0.137 e. The maximum Gasteiger partial charge on any atom is 0.137 e. The zero-order valence-corrected chi connectivity index (χ0v) is 14.0. The van der Waals surface area contributed by atoms with Gasteiger partial charge in [0.05, 0.1) is 40.0 Å². The lowest BCUT2D eigenvalue weighted by atomic mass is 10.0. The van der Waals surface area contributed by atoms with Gasteiger partial charge in [-0.2, -0.15) is 5.10 Å². The molecule has 0 radical (unpaired) electrons. The minimum Gasteiger partial charge on any atom is -0.383 e. The number of hydrogen-bond acceptors (Lipinski definition) is 3. The first-order valence-electron chi connectivity index (χ1n) is 5.95. The van der Waals surface area contributed by atoms with Gasteiger partial charge in [0.2, 0.25) is 0 Å². The molecule has 0 fully saturated rings. The third kappa shape index (κ3) is 3.28. The standard InChI is InChI=1S/C13H14Br2FN3O/c1-20-5-4-19-13(10(15)7-18-19)12(17)8-2-3-11(16)9(14)6-8/h2-3,6-7,12H,4-5,17H2,1H3. The Labute approximate surface area is 133 Å². The van der Waals surface area contributed by atoms with Gasteiger partial charge in [0.25, 0.3) is 0 Å². The molecule has 2 N–H and O–H groups in total. The van der Waals surface area contributed by atoms with Crippen LogP contribution >= 0.6 is 31.9 Å². The lowest BCUT2D eigenvalue weighted by Gasteiger charge is -2.16. The van der Waals surface area contributed by atoms with E-state index < -0.39 is 6.04 Å². The Morgan fingerprint density at radius 1 is 1.40 bits per heavy atom. The summed E-state index contributed by atoms with van der Waals surface area (Å²) in [5, 5.41) is 4.26. The summed E-state index contributed by atoms with van der Waals surface area (Å²) in [5.74, 6) is -0.312. The van der Waals surface area contributed by atoms with Gasteiger partial charge >= 0.3 is 0 Å². The minimum atomic E-state index is -0.402. The van der Waals surface area contributed by atoms with Crippen LogP contribution in [0.4, 0.5) is 4.39 Å². The van der Waals surface area contributed by atoms with Crippen molar-refractivity contribution in [2.75, 3.05) is 13.7 Å². The molecule has 0 aliphatic carbocycles. The van der Waals surface area contributed by atoms with E-state index >= 15 is 0 Å². The van der Waals surface area contributed by atoms with Crippen LogP contribution in [-0.4, -0.2) is 23.5 Å². The monoisotopic (exact) mass is 405 g/mol. The fourth-order valence-corrected chi connectivity index (χ4v) is 2.84. The molecule has 0 saturated heterocycles. The first-order valence-corrected chi connectivity index (χ1v) is 7.54. The van der Waals surface area contributed by atoms with E-state index in [1.807, 2.05) is 0 Å². The van der Waals surface area contributed by atoms with Crippen LogP contribution in [0, 0.1) is 5.82 Å². The van der Waals surface area contributed by atoms with Crippen molar-refractivity contribution < 1.29 is 9.13 Å². The van der Waals surface area contributed by atoms with E-state index in [1.54, 1.807) is 30.1 Å². The highest BCUT2D eigenvalue weighted by Gasteiger charge is 2.19. The average molecular weight is 407 g/mol. The Bertz CT molecular complexity index is 603. The Morgan fingerprint density at radius 3 is 2.80 bits per heavy atom. The maximum absolute atomic E-state index is 13.3. The lowest BCUT2D eigenvalue weighted by molar-refractivity contribution is 0.182. The van der Waals surface area contributed by atoms with Crippen LogP contribution in [0.5, 0.6) is 0 Å². The Morgan fingerprint density at radius 2 is 2.15 bits per heavy atom. The number of methoxy groups -OCH3 is 1. The lowest BCUT2D eigenvalue weighted by Crippen LogP contribution is -2.19. The van der Waals surface area contributed by atoms with Gasteiger partial charge in [0, 0.05) is 7.11 Å². The molecule has 1 aromatic heterocycles. The third-order valence-electron chi connectivity index (χ3n) is 2.94. The van der Waals surface area contributed by atoms with Crippen molar-refractivity contribution in [1.82, 2.24) is 9.78 Å². The van der Waals surface area contributed by atoms with Gasteiger partial charge in [-0.3, -0.25) is 4.68 Å². The molecule has 1 heterocycles. The van der Waals surface area contributed by atoms with E-state index in [1.165, 1.54) is 6.07 Å². The number of ether oxygens (including phenoxy) is 1. The highest BCUT2D eigenvalue weighted by atomic mass is 79.9. The molecule has 0 spiro atoms. The van der Waals surface area contributed by atoms with Gasteiger partial charge in [-0.1, -0.05) is 6.07 Å². The topological polar surface area (TPSA) is 53.1 Å². The van der Waals surface area contributed by atoms with Crippen molar-refractivity contribution in [2.45, 2.75) is 12.6 Å². The van der Waals surface area contributed by atoms with Crippen molar-refractivity contribution in [3.8, 4) is 0 Å². The summed E-state index contributed by atoms with van der Waals surface area (Å²) in [5.41, 5.74) is 7.92. The average Bonchev–Trinajstić information content (AvgIpc) is 2.80. The van der Waals surface area contributed by atoms with Crippen molar-refractivity contribution in [3.63, 3.8) is 0 Å². The van der Waals surface area contributed by atoms with Crippen LogP contribution in [0.3, 0.4) is 0 Å². The number of halogens is 3. The van der Waals surface area contributed by atoms with Crippen LogP contribution in [0.15, 0.2) is 33.3 Å². The maximum atomic E-state index is 13.3. The summed E-state index contributed by atoms with van der Waals surface area (Å²) in [6.07, 6.45) is 1.70.